The first kappa shape index (κ1) is 19.5. The van der Waals surface area contributed by atoms with Gasteiger partial charge in [-0.25, -0.2) is 15.0 Å². The van der Waals surface area contributed by atoms with Crippen molar-refractivity contribution in [2.75, 3.05) is 43.4 Å². The molecule has 0 saturated carbocycles. The molecule has 1 N–H and O–H groups in total. The van der Waals surface area contributed by atoms with Crippen molar-refractivity contribution < 1.29 is 0 Å². The van der Waals surface area contributed by atoms with Crippen LogP contribution in [0.2, 0.25) is 0 Å². The topological polar surface area (TPSA) is 62.1 Å². The molecule has 2 aromatic heterocycles. The van der Waals surface area contributed by atoms with E-state index in [4.69, 9.17) is 4.98 Å². The molecule has 4 aromatic rings. The SMILES string of the molecule is Cc1cnc(Nc2ccc(N3CCN(C)CC3)cc2)nc1-c1ccc2c(c1)ncn2C. The highest BCUT2D eigenvalue weighted by Crippen LogP contribution is 2.27. The van der Waals surface area contributed by atoms with E-state index in [1.54, 1.807) is 0 Å². The lowest BCUT2D eigenvalue weighted by Crippen LogP contribution is -2.44. The molecule has 1 saturated heterocycles. The van der Waals surface area contributed by atoms with Crippen molar-refractivity contribution in [3.05, 3.63) is 60.6 Å². The average molecular weight is 414 g/mol. The number of nitrogens with one attached hydrogen (secondary N) is 1. The zero-order chi connectivity index (χ0) is 21.4. The third-order valence-corrected chi connectivity index (χ3v) is 5.96. The number of likely N-dealkylation sites (N-methyl/N-ethyl adjacent to an activating group) is 1. The minimum absolute atomic E-state index is 0.592. The van der Waals surface area contributed by atoms with Gasteiger partial charge < -0.3 is 19.7 Å². The fourth-order valence-corrected chi connectivity index (χ4v) is 4.03. The lowest BCUT2D eigenvalue weighted by Gasteiger charge is -2.34. The highest BCUT2D eigenvalue weighted by atomic mass is 15.2. The maximum absolute atomic E-state index is 4.80. The van der Waals surface area contributed by atoms with Crippen LogP contribution in [0.4, 0.5) is 17.3 Å². The zero-order valence-corrected chi connectivity index (χ0v) is 18.2. The van der Waals surface area contributed by atoms with Crippen LogP contribution in [-0.2, 0) is 7.05 Å². The molecule has 0 radical (unpaired) electrons. The van der Waals surface area contributed by atoms with Crippen molar-refractivity contribution in [2.45, 2.75) is 6.92 Å². The number of piperazine rings is 1. The van der Waals surface area contributed by atoms with E-state index in [2.05, 4.69) is 74.6 Å². The molecular weight excluding hydrogens is 386 g/mol. The number of anilines is 3. The van der Waals surface area contributed by atoms with Gasteiger partial charge in [0.05, 0.1) is 23.1 Å². The average Bonchev–Trinajstić information content (AvgIpc) is 3.16. The molecule has 31 heavy (non-hydrogen) atoms. The van der Waals surface area contributed by atoms with Gasteiger partial charge in [-0.3, -0.25) is 0 Å². The van der Waals surface area contributed by atoms with Crippen molar-refractivity contribution >= 4 is 28.4 Å². The predicted molar refractivity (Wildman–Crippen MR) is 126 cm³/mol. The van der Waals surface area contributed by atoms with E-state index in [-0.39, 0.29) is 0 Å². The third kappa shape index (κ3) is 3.96. The summed E-state index contributed by atoms with van der Waals surface area (Å²) in [6.45, 7) is 6.36. The van der Waals surface area contributed by atoms with Gasteiger partial charge in [-0.2, -0.15) is 0 Å². The van der Waals surface area contributed by atoms with Crippen molar-refractivity contribution in [2.24, 2.45) is 7.05 Å². The first-order chi connectivity index (χ1) is 15.1. The van der Waals surface area contributed by atoms with Crippen molar-refractivity contribution in [3.8, 4) is 11.3 Å². The Morgan fingerprint density at radius 3 is 2.45 bits per heavy atom. The van der Waals surface area contributed by atoms with Crippen LogP contribution in [0.15, 0.2) is 55.0 Å². The van der Waals surface area contributed by atoms with E-state index in [9.17, 15) is 0 Å². The van der Waals surface area contributed by atoms with Crippen LogP contribution < -0.4 is 10.2 Å². The van der Waals surface area contributed by atoms with Gasteiger partial charge in [0.25, 0.3) is 0 Å². The number of imidazole rings is 1. The summed E-state index contributed by atoms with van der Waals surface area (Å²) in [6.07, 6.45) is 3.70. The minimum Gasteiger partial charge on any atom is -0.369 e. The molecule has 0 atom stereocenters. The molecule has 158 valence electrons. The summed E-state index contributed by atoms with van der Waals surface area (Å²) in [7, 11) is 4.18. The summed E-state index contributed by atoms with van der Waals surface area (Å²) in [6, 6.07) is 14.8. The largest absolute Gasteiger partial charge is 0.369 e. The second kappa shape index (κ2) is 8.00. The summed E-state index contributed by atoms with van der Waals surface area (Å²) in [5.41, 5.74) is 7.30. The number of aromatic nitrogens is 4. The molecule has 1 fully saturated rings. The van der Waals surface area contributed by atoms with Gasteiger partial charge in [0.1, 0.15) is 0 Å². The predicted octanol–water partition coefficient (Wildman–Crippen LogP) is 3.83. The van der Waals surface area contributed by atoms with Gasteiger partial charge >= 0.3 is 0 Å². The number of rotatable bonds is 4. The normalized spacial score (nSPS) is 14.9. The molecule has 3 heterocycles. The molecule has 7 nitrogen and oxygen atoms in total. The van der Waals surface area contributed by atoms with Crippen LogP contribution in [0.3, 0.4) is 0 Å². The van der Waals surface area contributed by atoms with E-state index in [0.717, 1.165) is 59.7 Å². The van der Waals surface area contributed by atoms with Gasteiger partial charge in [0.15, 0.2) is 0 Å². The molecule has 2 aromatic carbocycles. The molecule has 0 bridgehead atoms. The number of nitrogens with zero attached hydrogens (tertiary/aromatic N) is 6. The third-order valence-electron chi connectivity index (χ3n) is 5.96. The maximum Gasteiger partial charge on any atom is 0.227 e. The zero-order valence-electron chi connectivity index (χ0n) is 18.2. The minimum atomic E-state index is 0.592. The Bertz CT molecular complexity index is 1200. The fourth-order valence-electron chi connectivity index (χ4n) is 4.03. The lowest BCUT2D eigenvalue weighted by molar-refractivity contribution is 0.313. The van der Waals surface area contributed by atoms with Crippen molar-refractivity contribution in [3.63, 3.8) is 0 Å². The van der Waals surface area contributed by atoms with Gasteiger partial charge in [0.2, 0.25) is 5.95 Å². The van der Waals surface area contributed by atoms with Crippen molar-refractivity contribution in [1.82, 2.24) is 24.4 Å². The van der Waals surface area contributed by atoms with Crippen LogP contribution in [0.1, 0.15) is 5.56 Å². The highest BCUT2D eigenvalue weighted by molar-refractivity contribution is 5.82. The van der Waals surface area contributed by atoms with Crippen LogP contribution in [-0.4, -0.2) is 57.6 Å². The van der Waals surface area contributed by atoms with Crippen molar-refractivity contribution in [1.29, 1.82) is 0 Å². The summed E-state index contributed by atoms with van der Waals surface area (Å²) in [5, 5.41) is 3.35. The van der Waals surface area contributed by atoms with Crippen LogP contribution in [0.25, 0.3) is 22.3 Å². The Morgan fingerprint density at radius 2 is 1.68 bits per heavy atom. The standard InChI is InChI=1S/C24H27N7/c1-17-15-25-24(28-23(17)18-4-9-22-21(14-18)26-16-30(22)3)27-19-5-7-20(8-6-19)31-12-10-29(2)11-13-31/h4-9,14-16H,10-13H2,1-3H3,(H,25,27,28). The Hall–Kier alpha value is -3.45. The molecular formula is C24H27N7. The van der Waals surface area contributed by atoms with E-state index >= 15 is 0 Å². The monoisotopic (exact) mass is 413 g/mol. The molecule has 0 spiro atoms. The van der Waals surface area contributed by atoms with E-state index in [1.165, 1.54) is 5.69 Å². The number of hydrogen-bond donors (Lipinski definition) is 1. The molecule has 0 aliphatic carbocycles. The molecule has 7 heteroatoms. The molecule has 0 amide bonds. The van der Waals surface area contributed by atoms with E-state index < -0.39 is 0 Å². The number of aryl methyl sites for hydroxylation is 2. The van der Waals surface area contributed by atoms with Gasteiger partial charge in [-0.1, -0.05) is 6.07 Å². The van der Waals surface area contributed by atoms with Crippen LogP contribution >= 0.6 is 0 Å². The van der Waals surface area contributed by atoms with Gasteiger partial charge in [-0.15, -0.1) is 0 Å². The lowest BCUT2D eigenvalue weighted by atomic mass is 10.1. The van der Waals surface area contributed by atoms with Gasteiger partial charge in [0, 0.05) is 56.4 Å². The number of fused-ring (bicyclic) bond motifs is 1. The second-order valence-corrected chi connectivity index (χ2v) is 8.25. The Kier molecular flexibility index (Phi) is 5.03. The van der Waals surface area contributed by atoms with Gasteiger partial charge in [-0.05, 0) is 55.9 Å². The first-order valence-electron chi connectivity index (χ1n) is 10.6. The molecule has 5 rings (SSSR count). The second-order valence-electron chi connectivity index (χ2n) is 8.25. The fraction of sp³-hybridized carbons (Fsp3) is 0.292. The number of benzene rings is 2. The van der Waals surface area contributed by atoms with E-state index in [0.29, 0.717) is 5.95 Å². The molecule has 1 aliphatic heterocycles. The summed E-state index contributed by atoms with van der Waals surface area (Å²) in [5.74, 6) is 0.592. The molecule has 1 aliphatic rings. The number of hydrogen-bond acceptors (Lipinski definition) is 6. The smallest absolute Gasteiger partial charge is 0.227 e. The van der Waals surface area contributed by atoms with Crippen LogP contribution in [0, 0.1) is 6.92 Å². The quantitative estimate of drug-likeness (QED) is 0.549. The summed E-state index contributed by atoms with van der Waals surface area (Å²) >= 11 is 0. The van der Waals surface area contributed by atoms with E-state index in [1.807, 2.05) is 31.1 Å². The Balaban J connectivity index is 1.36. The highest BCUT2D eigenvalue weighted by Gasteiger charge is 2.14. The Labute approximate surface area is 182 Å². The maximum atomic E-state index is 4.80. The summed E-state index contributed by atoms with van der Waals surface area (Å²) < 4.78 is 2.02. The Morgan fingerprint density at radius 1 is 0.903 bits per heavy atom. The molecule has 0 unspecified atom stereocenters. The van der Waals surface area contributed by atoms with Crippen LogP contribution in [0.5, 0.6) is 0 Å². The first-order valence-corrected chi connectivity index (χ1v) is 10.6. The summed E-state index contributed by atoms with van der Waals surface area (Å²) in [4.78, 5) is 18.6.